The van der Waals surface area contributed by atoms with Gasteiger partial charge < -0.3 is 14.4 Å². The van der Waals surface area contributed by atoms with Crippen LogP contribution in [0.1, 0.15) is 49.8 Å². The molecule has 3 rings (SSSR count). The second kappa shape index (κ2) is 7.47. The van der Waals surface area contributed by atoms with Crippen molar-refractivity contribution < 1.29 is 19.1 Å². The van der Waals surface area contributed by atoms with Gasteiger partial charge in [-0.15, -0.1) is 0 Å². The summed E-state index contributed by atoms with van der Waals surface area (Å²) in [7, 11) is 1.65. The lowest BCUT2D eigenvalue weighted by Crippen LogP contribution is -2.45. The lowest BCUT2D eigenvalue weighted by molar-refractivity contribution is -0.143. The topological polar surface area (TPSA) is 55.8 Å². The van der Waals surface area contributed by atoms with Crippen LogP contribution in [0.5, 0.6) is 0 Å². The summed E-state index contributed by atoms with van der Waals surface area (Å²) in [4.78, 5) is 27.7. The number of methoxy groups -OCH3 is 1. The van der Waals surface area contributed by atoms with Gasteiger partial charge in [0, 0.05) is 20.3 Å². The standard InChI is InChI=1S/C22H29NO4/c1-14-8-6-9-15(2)17(14)18-19(27-21(25)16-10-11-16)22(3,4)23(20(18)24)12-7-13-26-5/h6,8-9,16H,7,10-13H2,1-5H3. The smallest absolute Gasteiger partial charge is 0.314 e. The van der Waals surface area contributed by atoms with Gasteiger partial charge in [0.15, 0.2) is 0 Å². The van der Waals surface area contributed by atoms with Crippen LogP contribution in [0.25, 0.3) is 5.57 Å². The van der Waals surface area contributed by atoms with Crippen molar-refractivity contribution in [3.63, 3.8) is 0 Å². The fraction of sp³-hybridized carbons (Fsp3) is 0.545. The molecule has 0 atom stereocenters. The van der Waals surface area contributed by atoms with Crippen LogP contribution in [0.2, 0.25) is 0 Å². The highest BCUT2D eigenvalue weighted by Crippen LogP contribution is 2.44. The molecule has 0 radical (unpaired) electrons. The minimum absolute atomic E-state index is 0.0230. The van der Waals surface area contributed by atoms with Crippen LogP contribution in [0, 0.1) is 19.8 Å². The van der Waals surface area contributed by atoms with E-state index >= 15 is 0 Å². The number of aryl methyl sites for hydroxylation is 2. The number of ether oxygens (including phenoxy) is 2. The molecule has 0 N–H and O–H groups in total. The number of nitrogens with zero attached hydrogens (tertiary/aromatic N) is 1. The Balaban J connectivity index is 2.06. The van der Waals surface area contributed by atoms with Crippen LogP contribution < -0.4 is 0 Å². The molecule has 1 saturated carbocycles. The monoisotopic (exact) mass is 371 g/mol. The fourth-order valence-corrected chi connectivity index (χ4v) is 3.77. The van der Waals surface area contributed by atoms with Gasteiger partial charge in [-0.2, -0.15) is 0 Å². The van der Waals surface area contributed by atoms with Crippen LogP contribution in [0.15, 0.2) is 24.0 Å². The first kappa shape index (κ1) is 19.6. The zero-order valence-electron chi connectivity index (χ0n) is 16.9. The first-order valence-electron chi connectivity index (χ1n) is 9.63. The van der Waals surface area contributed by atoms with Gasteiger partial charge in [0.1, 0.15) is 5.76 Å². The van der Waals surface area contributed by atoms with Crippen LogP contribution in [0.3, 0.4) is 0 Å². The Labute approximate surface area is 161 Å². The third-order valence-electron chi connectivity index (χ3n) is 5.49. The first-order valence-corrected chi connectivity index (χ1v) is 9.63. The van der Waals surface area contributed by atoms with Crippen LogP contribution in [0.4, 0.5) is 0 Å². The number of amides is 1. The van der Waals surface area contributed by atoms with Crippen molar-refractivity contribution in [3.8, 4) is 0 Å². The molecule has 0 spiro atoms. The minimum atomic E-state index is -0.681. The van der Waals surface area contributed by atoms with Gasteiger partial charge in [0.2, 0.25) is 0 Å². The maximum Gasteiger partial charge on any atom is 0.314 e. The van der Waals surface area contributed by atoms with Crippen molar-refractivity contribution in [2.45, 2.75) is 52.5 Å². The number of carbonyl (C=O) groups is 2. The van der Waals surface area contributed by atoms with Crippen molar-refractivity contribution in [3.05, 3.63) is 40.6 Å². The molecule has 1 amide bonds. The third-order valence-corrected chi connectivity index (χ3v) is 5.49. The van der Waals surface area contributed by atoms with Gasteiger partial charge in [0.05, 0.1) is 17.0 Å². The van der Waals surface area contributed by atoms with E-state index in [2.05, 4.69) is 0 Å². The Hall–Kier alpha value is -2.14. The van der Waals surface area contributed by atoms with Crippen molar-refractivity contribution in [1.82, 2.24) is 4.90 Å². The molecule has 0 saturated heterocycles. The molecule has 0 aromatic heterocycles. The van der Waals surface area contributed by atoms with E-state index in [4.69, 9.17) is 9.47 Å². The molecule has 1 aliphatic heterocycles. The van der Waals surface area contributed by atoms with E-state index in [1.165, 1.54) is 0 Å². The van der Waals surface area contributed by atoms with Crippen LogP contribution in [-0.4, -0.2) is 42.6 Å². The lowest BCUT2D eigenvalue weighted by Gasteiger charge is -2.33. The Morgan fingerprint density at radius 2 is 1.85 bits per heavy atom. The summed E-state index contributed by atoms with van der Waals surface area (Å²) in [5.41, 5.74) is 2.74. The predicted molar refractivity (Wildman–Crippen MR) is 104 cm³/mol. The molecular weight excluding hydrogens is 342 g/mol. The second-order valence-corrected chi connectivity index (χ2v) is 8.03. The summed E-state index contributed by atoms with van der Waals surface area (Å²) in [5.74, 6) is 0.171. The highest BCUT2D eigenvalue weighted by molar-refractivity contribution is 6.24. The molecule has 1 heterocycles. The maximum atomic E-state index is 13.4. The average Bonchev–Trinajstić information content (AvgIpc) is 3.42. The number of carbonyl (C=O) groups excluding carboxylic acids is 2. The average molecular weight is 371 g/mol. The van der Waals surface area contributed by atoms with E-state index in [0.717, 1.165) is 36.0 Å². The fourth-order valence-electron chi connectivity index (χ4n) is 3.77. The molecule has 146 valence electrons. The first-order chi connectivity index (χ1) is 12.8. The van der Waals surface area contributed by atoms with Gasteiger partial charge in [-0.25, -0.2) is 0 Å². The van der Waals surface area contributed by atoms with Gasteiger partial charge >= 0.3 is 5.97 Å². The zero-order valence-corrected chi connectivity index (χ0v) is 16.9. The summed E-state index contributed by atoms with van der Waals surface area (Å²) >= 11 is 0. The summed E-state index contributed by atoms with van der Waals surface area (Å²) in [6.07, 6.45) is 2.48. The van der Waals surface area contributed by atoms with Gasteiger partial charge in [-0.3, -0.25) is 9.59 Å². The predicted octanol–water partition coefficient (Wildman–Crippen LogP) is 3.63. The van der Waals surface area contributed by atoms with Crippen molar-refractivity contribution in [2.24, 2.45) is 5.92 Å². The maximum absolute atomic E-state index is 13.4. The zero-order chi connectivity index (χ0) is 19.8. The number of hydrogen-bond donors (Lipinski definition) is 0. The highest BCUT2D eigenvalue weighted by atomic mass is 16.5. The van der Waals surface area contributed by atoms with E-state index < -0.39 is 5.54 Å². The second-order valence-electron chi connectivity index (χ2n) is 8.03. The van der Waals surface area contributed by atoms with Gasteiger partial charge in [-0.05, 0) is 63.6 Å². The molecule has 1 aromatic rings. The van der Waals surface area contributed by atoms with E-state index in [1.54, 1.807) is 7.11 Å². The molecule has 0 bridgehead atoms. The van der Waals surface area contributed by atoms with E-state index in [0.29, 0.717) is 24.5 Å². The Morgan fingerprint density at radius 1 is 1.22 bits per heavy atom. The Morgan fingerprint density at radius 3 is 2.41 bits per heavy atom. The number of benzene rings is 1. The van der Waals surface area contributed by atoms with Gasteiger partial charge in [0.25, 0.3) is 5.91 Å². The van der Waals surface area contributed by atoms with Crippen LogP contribution >= 0.6 is 0 Å². The normalized spacial score (nSPS) is 19.0. The van der Waals surface area contributed by atoms with E-state index in [9.17, 15) is 9.59 Å². The lowest BCUT2D eigenvalue weighted by atomic mass is 9.93. The third kappa shape index (κ3) is 3.65. The van der Waals surface area contributed by atoms with Crippen molar-refractivity contribution in [1.29, 1.82) is 0 Å². The van der Waals surface area contributed by atoms with E-state index in [-0.39, 0.29) is 17.8 Å². The molecule has 5 heteroatoms. The molecule has 1 aliphatic carbocycles. The Bertz CT molecular complexity index is 769. The molecule has 1 aromatic carbocycles. The number of rotatable bonds is 7. The molecular formula is C22H29NO4. The summed E-state index contributed by atoms with van der Waals surface area (Å²) in [6.45, 7) is 9.02. The highest BCUT2D eigenvalue weighted by Gasteiger charge is 2.49. The summed E-state index contributed by atoms with van der Waals surface area (Å²) < 4.78 is 11.0. The molecule has 2 aliphatic rings. The van der Waals surface area contributed by atoms with Crippen LogP contribution in [-0.2, 0) is 19.1 Å². The Kier molecular flexibility index (Phi) is 5.43. The summed E-state index contributed by atoms with van der Waals surface area (Å²) in [6, 6.07) is 5.96. The molecule has 5 nitrogen and oxygen atoms in total. The molecule has 1 fully saturated rings. The van der Waals surface area contributed by atoms with E-state index in [1.807, 2.05) is 50.8 Å². The summed E-state index contributed by atoms with van der Waals surface area (Å²) in [5, 5.41) is 0. The van der Waals surface area contributed by atoms with Crippen molar-refractivity contribution >= 4 is 17.4 Å². The largest absolute Gasteiger partial charge is 0.427 e. The minimum Gasteiger partial charge on any atom is -0.427 e. The van der Waals surface area contributed by atoms with Gasteiger partial charge in [-0.1, -0.05) is 18.2 Å². The van der Waals surface area contributed by atoms with Crippen molar-refractivity contribution in [2.75, 3.05) is 20.3 Å². The number of esters is 1. The molecule has 27 heavy (non-hydrogen) atoms. The molecule has 0 unspecified atom stereocenters. The SMILES string of the molecule is COCCCN1C(=O)C(c2c(C)cccc2C)=C(OC(=O)C2CC2)C1(C)C. The quantitative estimate of drug-likeness (QED) is 0.543. The number of hydrogen-bond acceptors (Lipinski definition) is 4.